The molecular formula is C25H23BrN4O5. The number of benzene rings is 3. The van der Waals surface area contributed by atoms with Crippen molar-refractivity contribution in [1.29, 1.82) is 0 Å². The van der Waals surface area contributed by atoms with Crippen LogP contribution in [0.1, 0.15) is 12.5 Å². The standard InChI is InChI=1S/C25H23BrN4O5/c1-2-34-22-9-4-3-8-21(22)29-24(32)25(33)30-27-15-17-6-5-7-20(14-17)35-16-23(31)28-19-12-10-18(26)11-13-19/h3-15H,2,16H2,1H3,(H,28,31)(H,29,32)(H,30,33)/b27-15-. The van der Waals surface area contributed by atoms with Crippen LogP contribution in [0.2, 0.25) is 0 Å². The zero-order valence-electron chi connectivity index (χ0n) is 18.8. The number of amides is 3. The molecule has 35 heavy (non-hydrogen) atoms. The van der Waals surface area contributed by atoms with Gasteiger partial charge in [0.15, 0.2) is 6.61 Å². The van der Waals surface area contributed by atoms with Gasteiger partial charge in [-0.1, -0.05) is 40.2 Å². The van der Waals surface area contributed by atoms with Gasteiger partial charge in [-0.2, -0.15) is 5.10 Å². The summed E-state index contributed by atoms with van der Waals surface area (Å²) in [5, 5.41) is 9.03. The molecule has 0 saturated carbocycles. The zero-order valence-corrected chi connectivity index (χ0v) is 20.4. The molecule has 180 valence electrons. The van der Waals surface area contributed by atoms with Crippen LogP contribution < -0.4 is 25.5 Å². The van der Waals surface area contributed by atoms with Crippen LogP contribution in [0.3, 0.4) is 0 Å². The zero-order chi connectivity index (χ0) is 25.0. The van der Waals surface area contributed by atoms with Gasteiger partial charge in [0.1, 0.15) is 11.5 Å². The van der Waals surface area contributed by atoms with Gasteiger partial charge in [-0.05, 0) is 61.0 Å². The molecule has 3 N–H and O–H groups in total. The summed E-state index contributed by atoms with van der Waals surface area (Å²) in [7, 11) is 0. The molecule has 0 aromatic heterocycles. The summed E-state index contributed by atoms with van der Waals surface area (Å²) in [5.74, 6) is -1.23. The van der Waals surface area contributed by atoms with Crippen molar-refractivity contribution < 1.29 is 23.9 Å². The van der Waals surface area contributed by atoms with E-state index in [2.05, 4.69) is 37.1 Å². The summed E-state index contributed by atoms with van der Waals surface area (Å²) < 4.78 is 11.9. The second-order valence-electron chi connectivity index (χ2n) is 7.00. The molecule has 3 aromatic carbocycles. The van der Waals surface area contributed by atoms with Crippen molar-refractivity contribution >= 4 is 51.2 Å². The van der Waals surface area contributed by atoms with Gasteiger partial charge in [-0.3, -0.25) is 14.4 Å². The predicted molar refractivity (Wildman–Crippen MR) is 137 cm³/mol. The molecule has 0 aliphatic carbocycles. The summed E-state index contributed by atoms with van der Waals surface area (Å²) >= 11 is 3.34. The second-order valence-corrected chi connectivity index (χ2v) is 7.91. The van der Waals surface area contributed by atoms with E-state index in [-0.39, 0.29) is 12.5 Å². The van der Waals surface area contributed by atoms with E-state index in [4.69, 9.17) is 9.47 Å². The maximum absolute atomic E-state index is 12.1. The molecule has 0 saturated heterocycles. The fourth-order valence-corrected chi connectivity index (χ4v) is 3.07. The summed E-state index contributed by atoms with van der Waals surface area (Å²) in [5.41, 5.74) is 3.81. The van der Waals surface area contributed by atoms with Crippen molar-refractivity contribution in [3.05, 3.63) is 82.8 Å². The minimum absolute atomic E-state index is 0.184. The Bertz CT molecular complexity index is 1210. The normalized spacial score (nSPS) is 10.5. The topological polar surface area (TPSA) is 118 Å². The van der Waals surface area contributed by atoms with Crippen LogP contribution in [0.5, 0.6) is 11.5 Å². The molecular weight excluding hydrogens is 516 g/mol. The first kappa shape index (κ1) is 25.4. The Morgan fingerprint density at radius 3 is 2.46 bits per heavy atom. The Hall–Kier alpha value is -4.18. The molecule has 0 spiro atoms. The molecule has 3 amide bonds. The van der Waals surface area contributed by atoms with Gasteiger partial charge in [0, 0.05) is 10.2 Å². The fourth-order valence-electron chi connectivity index (χ4n) is 2.81. The molecule has 0 aliphatic heterocycles. The Labute approximate surface area is 210 Å². The molecule has 0 aliphatic rings. The van der Waals surface area contributed by atoms with Gasteiger partial charge in [0.2, 0.25) is 0 Å². The molecule has 0 atom stereocenters. The number of nitrogens with one attached hydrogen (secondary N) is 3. The minimum atomic E-state index is -0.940. The average molecular weight is 539 g/mol. The van der Waals surface area contributed by atoms with Crippen LogP contribution in [-0.4, -0.2) is 37.1 Å². The smallest absolute Gasteiger partial charge is 0.329 e. The van der Waals surface area contributed by atoms with Crippen molar-refractivity contribution in [3.8, 4) is 11.5 Å². The van der Waals surface area contributed by atoms with Crippen LogP contribution in [0.15, 0.2) is 82.4 Å². The first-order chi connectivity index (χ1) is 16.9. The molecule has 10 heteroatoms. The molecule has 9 nitrogen and oxygen atoms in total. The summed E-state index contributed by atoms with van der Waals surface area (Å²) in [4.78, 5) is 36.3. The third-order valence-electron chi connectivity index (χ3n) is 4.38. The number of rotatable bonds is 9. The van der Waals surface area contributed by atoms with Crippen LogP contribution in [0, 0.1) is 0 Å². The minimum Gasteiger partial charge on any atom is -0.492 e. The molecule has 0 unspecified atom stereocenters. The lowest BCUT2D eigenvalue weighted by Crippen LogP contribution is -2.32. The van der Waals surface area contributed by atoms with Gasteiger partial charge in [-0.15, -0.1) is 0 Å². The number of ether oxygens (including phenoxy) is 2. The SMILES string of the molecule is CCOc1ccccc1NC(=O)C(=O)N/N=C\c1cccc(OCC(=O)Nc2ccc(Br)cc2)c1. The molecule has 3 rings (SSSR count). The molecule has 0 bridgehead atoms. The largest absolute Gasteiger partial charge is 0.492 e. The van der Waals surface area contributed by atoms with Crippen LogP contribution >= 0.6 is 15.9 Å². The number of nitrogens with zero attached hydrogens (tertiary/aromatic N) is 1. The van der Waals surface area contributed by atoms with Gasteiger partial charge < -0.3 is 20.1 Å². The molecule has 3 aromatic rings. The van der Waals surface area contributed by atoms with E-state index >= 15 is 0 Å². The number of hydrazone groups is 1. The Morgan fingerprint density at radius 2 is 1.69 bits per heavy atom. The van der Waals surface area contributed by atoms with E-state index in [0.717, 1.165) is 4.47 Å². The van der Waals surface area contributed by atoms with E-state index in [1.165, 1.54) is 6.21 Å². The Kier molecular flexibility index (Phi) is 9.38. The number of hydrogen-bond acceptors (Lipinski definition) is 6. The lowest BCUT2D eigenvalue weighted by atomic mass is 10.2. The Morgan fingerprint density at radius 1 is 0.914 bits per heavy atom. The lowest BCUT2D eigenvalue weighted by molar-refractivity contribution is -0.136. The number of carbonyl (C=O) groups is 3. The van der Waals surface area contributed by atoms with E-state index < -0.39 is 11.8 Å². The molecule has 0 heterocycles. The first-order valence-electron chi connectivity index (χ1n) is 10.6. The number of para-hydroxylation sites is 2. The number of hydrogen-bond donors (Lipinski definition) is 3. The summed E-state index contributed by atoms with van der Waals surface area (Å²) in [6.45, 7) is 2.05. The highest BCUT2D eigenvalue weighted by atomic mass is 79.9. The molecule has 0 radical (unpaired) electrons. The maximum atomic E-state index is 12.1. The van der Waals surface area contributed by atoms with Crippen molar-refractivity contribution in [3.63, 3.8) is 0 Å². The number of carbonyl (C=O) groups excluding carboxylic acids is 3. The molecule has 0 fully saturated rings. The summed E-state index contributed by atoms with van der Waals surface area (Å²) in [6.07, 6.45) is 1.36. The third-order valence-corrected chi connectivity index (χ3v) is 4.91. The van der Waals surface area contributed by atoms with Crippen LogP contribution in [0.25, 0.3) is 0 Å². The van der Waals surface area contributed by atoms with Crippen molar-refractivity contribution in [1.82, 2.24) is 5.43 Å². The van der Waals surface area contributed by atoms with E-state index in [9.17, 15) is 14.4 Å². The highest BCUT2D eigenvalue weighted by molar-refractivity contribution is 9.10. The highest BCUT2D eigenvalue weighted by Gasteiger charge is 2.15. The summed E-state index contributed by atoms with van der Waals surface area (Å²) in [6, 6.07) is 20.7. The number of halogens is 1. The maximum Gasteiger partial charge on any atom is 0.329 e. The van der Waals surface area contributed by atoms with Crippen LogP contribution in [-0.2, 0) is 14.4 Å². The first-order valence-corrected chi connectivity index (χ1v) is 11.4. The fraction of sp³-hybridized carbons (Fsp3) is 0.120. The van der Waals surface area contributed by atoms with E-state index in [1.807, 2.05) is 19.1 Å². The van der Waals surface area contributed by atoms with E-state index in [0.29, 0.717) is 35.0 Å². The lowest BCUT2D eigenvalue weighted by Gasteiger charge is -2.10. The quantitative estimate of drug-likeness (QED) is 0.216. The number of anilines is 2. The third kappa shape index (κ3) is 8.27. The van der Waals surface area contributed by atoms with Crippen molar-refractivity contribution in [2.45, 2.75) is 6.92 Å². The van der Waals surface area contributed by atoms with Gasteiger partial charge in [0.05, 0.1) is 18.5 Å². The predicted octanol–water partition coefficient (Wildman–Crippen LogP) is 3.95. The van der Waals surface area contributed by atoms with Gasteiger partial charge >= 0.3 is 11.8 Å². The highest BCUT2D eigenvalue weighted by Crippen LogP contribution is 2.23. The van der Waals surface area contributed by atoms with Gasteiger partial charge in [0.25, 0.3) is 5.91 Å². The van der Waals surface area contributed by atoms with E-state index in [1.54, 1.807) is 60.7 Å². The van der Waals surface area contributed by atoms with Crippen LogP contribution in [0.4, 0.5) is 11.4 Å². The van der Waals surface area contributed by atoms with Crippen molar-refractivity contribution in [2.75, 3.05) is 23.8 Å². The van der Waals surface area contributed by atoms with Gasteiger partial charge in [-0.25, -0.2) is 5.43 Å². The Balaban J connectivity index is 1.48. The van der Waals surface area contributed by atoms with Crippen molar-refractivity contribution in [2.24, 2.45) is 5.10 Å². The second kappa shape index (κ2) is 12.9. The average Bonchev–Trinajstić information content (AvgIpc) is 2.86. The monoisotopic (exact) mass is 538 g/mol.